The van der Waals surface area contributed by atoms with Crippen LogP contribution in [0.3, 0.4) is 0 Å². The van der Waals surface area contributed by atoms with Crippen LogP contribution in [0.2, 0.25) is 0 Å². The van der Waals surface area contributed by atoms with Crippen LogP contribution in [0.15, 0.2) is 60.8 Å². The van der Waals surface area contributed by atoms with Crippen molar-refractivity contribution in [2.75, 3.05) is 21.3 Å². The molecular weight excluding hydrogens is 418 g/mol. The van der Waals surface area contributed by atoms with Gasteiger partial charge in [0.15, 0.2) is 22.9 Å². The van der Waals surface area contributed by atoms with Gasteiger partial charge >= 0.3 is 0 Å². The second-order valence-corrected chi connectivity index (χ2v) is 7.39. The first kappa shape index (κ1) is 23.8. The van der Waals surface area contributed by atoms with Gasteiger partial charge in [-0.1, -0.05) is 24.6 Å². The largest absolute Gasteiger partial charge is 0.497 e. The van der Waals surface area contributed by atoms with Crippen LogP contribution in [0.4, 0.5) is 0 Å². The number of ketones is 1. The fraction of sp³-hybridized carbons (Fsp3) is 0.269. The van der Waals surface area contributed by atoms with Gasteiger partial charge in [-0.05, 0) is 49.7 Å². The molecule has 2 aromatic heterocycles. The van der Waals surface area contributed by atoms with E-state index < -0.39 is 0 Å². The number of Topliss-reactive ketones (excluding diaryl/α,β-unsaturated/α-hetero) is 1. The summed E-state index contributed by atoms with van der Waals surface area (Å²) < 4.78 is 17.3. The van der Waals surface area contributed by atoms with Crippen LogP contribution >= 0.6 is 0 Å². The van der Waals surface area contributed by atoms with Crippen LogP contribution in [-0.4, -0.2) is 41.7 Å². The number of rotatable bonds is 7. The third kappa shape index (κ3) is 5.68. The fourth-order valence-corrected chi connectivity index (χ4v) is 3.28. The maximum Gasteiger partial charge on any atom is 0.183 e. The number of benzene rings is 2. The zero-order valence-electron chi connectivity index (χ0n) is 19.7. The van der Waals surface area contributed by atoms with Gasteiger partial charge in [0, 0.05) is 24.2 Å². The molecule has 0 aliphatic rings. The number of ether oxygens (including phenoxy) is 3. The molecule has 0 saturated carbocycles. The molecule has 4 rings (SSSR count). The van der Waals surface area contributed by atoms with Crippen molar-refractivity contribution < 1.29 is 19.0 Å². The first-order valence-electron chi connectivity index (χ1n) is 10.7. The molecule has 0 aliphatic heterocycles. The van der Waals surface area contributed by atoms with E-state index in [-0.39, 0.29) is 5.78 Å². The molecule has 4 aromatic rings. The molecule has 0 radical (unpaired) electrons. The number of aromatic nitrogens is 3. The van der Waals surface area contributed by atoms with E-state index in [2.05, 4.69) is 17.0 Å². The summed E-state index contributed by atoms with van der Waals surface area (Å²) in [7, 11) is 4.87. The Bertz CT molecular complexity index is 1220. The SMILES string of the molecule is CCCC(=O)c1cc2nccc(-c3ccc(OC)c(OC)c3)n2n1.COc1ccc(C)cc1. The molecule has 7 nitrogen and oxygen atoms in total. The molecule has 0 amide bonds. The van der Waals surface area contributed by atoms with Gasteiger partial charge in [-0.3, -0.25) is 4.79 Å². The van der Waals surface area contributed by atoms with E-state index >= 15 is 0 Å². The van der Waals surface area contributed by atoms with Crippen molar-refractivity contribution in [1.82, 2.24) is 14.6 Å². The van der Waals surface area contributed by atoms with E-state index in [1.807, 2.05) is 55.5 Å². The lowest BCUT2D eigenvalue weighted by atomic mass is 10.1. The van der Waals surface area contributed by atoms with Crippen molar-refractivity contribution in [2.45, 2.75) is 26.7 Å². The maximum atomic E-state index is 12.1. The fourth-order valence-electron chi connectivity index (χ4n) is 3.28. The highest BCUT2D eigenvalue weighted by molar-refractivity contribution is 5.95. The van der Waals surface area contributed by atoms with Crippen molar-refractivity contribution in [3.63, 3.8) is 0 Å². The highest BCUT2D eigenvalue weighted by Gasteiger charge is 2.14. The molecule has 0 aliphatic carbocycles. The van der Waals surface area contributed by atoms with Gasteiger partial charge in [0.1, 0.15) is 11.4 Å². The summed E-state index contributed by atoms with van der Waals surface area (Å²) in [6, 6.07) is 17.2. The van der Waals surface area contributed by atoms with Crippen LogP contribution in [0.25, 0.3) is 16.9 Å². The number of aryl methyl sites for hydroxylation is 1. The van der Waals surface area contributed by atoms with Crippen molar-refractivity contribution >= 4 is 11.4 Å². The van der Waals surface area contributed by atoms with Gasteiger partial charge in [0.05, 0.1) is 27.0 Å². The average Bonchev–Trinajstić information content (AvgIpc) is 3.29. The standard InChI is InChI=1S/C18H19N3O3.C8H10O/c1-4-5-15(22)13-11-18-19-9-8-14(21(18)20-13)12-6-7-16(23-2)17(10-12)24-3;1-7-3-5-8(9-2)6-4-7/h6-11H,4-5H2,1-3H3;3-6H,1-2H3. The summed E-state index contributed by atoms with van der Waals surface area (Å²) in [5.41, 5.74) is 4.07. The monoisotopic (exact) mass is 447 g/mol. The van der Waals surface area contributed by atoms with E-state index in [0.717, 1.165) is 23.4 Å². The average molecular weight is 448 g/mol. The molecule has 172 valence electrons. The minimum absolute atomic E-state index is 0.0289. The summed E-state index contributed by atoms with van der Waals surface area (Å²) in [5.74, 6) is 2.24. The van der Waals surface area contributed by atoms with E-state index in [4.69, 9.17) is 14.2 Å². The third-order valence-corrected chi connectivity index (χ3v) is 5.06. The minimum Gasteiger partial charge on any atom is -0.497 e. The molecule has 0 N–H and O–H groups in total. The first-order chi connectivity index (χ1) is 16.0. The predicted molar refractivity (Wildman–Crippen MR) is 128 cm³/mol. The highest BCUT2D eigenvalue weighted by atomic mass is 16.5. The molecule has 0 saturated heterocycles. The lowest BCUT2D eigenvalue weighted by Gasteiger charge is -2.10. The Morgan fingerprint density at radius 3 is 2.27 bits per heavy atom. The Hall–Kier alpha value is -3.87. The van der Waals surface area contributed by atoms with Gasteiger partial charge in [-0.2, -0.15) is 5.10 Å². The second-order valence-electron chi connectivity index (χ2n) is 7.39. The smallest absolute Gasteiger partial charge is 0.183 e. The van der Waals surface area contributed by atoms with Crippen molar-refractivity contribution in [2.24, 2.45) is 0 Å². The van der Waals surface area contributed by atoms with Gasteiger partial charge in [-0.15, -0.1) is 0 Å². The Labute approximate surface area is 193 Å². The van der Waals surface area contributed by atoms with E-state index in [0.29, 0.717) is 29.3 Å². The van der Waals surface area contributed by atoms with Crippen LogP contribution in [0.5, 0.6) is 17.2 Å². The highest BCUT2D eigenvalue weighted by Crippen LogP contribution is 2.32. The molecule has 0 spiro atoms. The molecular formula is C26H29N3O4. The lowest BCUT2D eigenvalue weighted by Crippen LogP contribution is -2.01. The summed E-state index contributed by atoms with van der Waals surface area (Å²) >= 11 is 0. The third-order valence-electron chi connectivity index (χ3n) is 5.06. The molecule has 0 bridgehead atoms. The molecule has 0 unspecified atom stereocenters. The Kier molecular flexibility index (Phi) is 8.02. The van der Waals surface area contributed by atoms with E-state index in [1.54, 1.807) is 38.1 Å². The summed E-state index contributed by atoms with van der Waals surface area (Å²) in [6.07, 6.45) is 2.98. The number of hydrogen-bond donors (Lipinski definition) is 0. The van der Waals surface area contributed by atoms with Crippen molar-refractivity contribution in [1.29, 1.82) is 0 Å². The van der Waals surface area contributed by atoms with Crippen molar-refractivity contribution in [3.05, 3.63) is 72.1 Å². The first-order valence-corrected chi connectivity index (χ1v) is 10.7. The Balaban J connectivity index is 0.000000286. The van der Waals surface area contributed by atoms with Gasteiger partial charge in [0.2, 0.25) is 0 Å². The quantitative estimate of drug-likeness (QED) is 0.353. The van der Waals surface area contributed by atoms with Crippen LogP contribution in [0, 0.1) is 6.92 Å². The molecule has 2 aromatic carbocycles. The topological polar surface area (TPSA) is 75.0 Å². The van der Waals surface area contributed by atoms with Gasteiger partial charge in [0.25, 0.3) is 0 Å². The summed E-state index contributed by atoms with van der Waals surface area (Å²) in [5, 5.41) is 4.44. The van der Waals surface area contributed by atoms with Crippen LogP contribution in [-0.2, 0) is 0 Å². The number of fused-ring (bicyclic) bond motifs is 1. The number of nitrogens with zero attached hydrogens (tertiary/aromatic N) is 3. The summed E-state index contributed by atoms with van der Waals surface area (Å²) in [6.45, 7) is 4.03. The molecule has 0 atom stereocenters. The second kappa shape index (κ2) is 11.1. The molecule has 33 heavy (non-hydrogen) atoms. The Morgan fingerprint density at radius 1 is 0.909 bits per heavy atom. The number of hydrogen-bond acceptors (Lipinski definition) is 6. The minimum atomic E-state index is 0.0289. The zero-order chi connectivity index (χ0) is 23.8. The normalized spacial score (nSPS) is 10.3. The van der Waals surface area contributed by atoms with Crippen LogP contribution < -0.4 is 14.2 Å². The number of methoxy groups -OCH3 is 3. The van der Waals surface area contributed by atoms with Crippen molar-refractivity contribution in [3.8, 4) is 28.5 Å². The predicted octanol–water partition coefficient (Wildman–Crippen LogP) is 5.40. The number of carbonyl (C=O) groups excluding carboxylic acids is 1. The lowest BCUT2D eigenvalue weighted by molar-refractivity contribution is 0.0976. The molecule has 7 heteroatoms. The van der Waals surface area contributed by atoms with Gasteiger partial charge in [-0.25, -0.2) is 9.50 Å². The Morgan fingerprint density at radius 2 is 1.64 bits per heavy atom. The molecule has 0 fully saturated rings. The number of carbonyl (C=O) groups is 1. The maximum absolute atomic E-state index is 12.1. The molecule has 2 heterocycles. The van der Waals surface area contributed by atoms with Gasteiger partial charge < -0.3 is 14.2 Å². The summed E-state index contributed by atoms with van der Waals surface area (Å²) in [4.78, 5) is 16.4. The van der Waals surface area contributed by atoms with Crippen LogP contribution in [0.1, 0.15) is 35.8 Å². The van der Waals surface area contributed by atoms with E-state index in [9.17, 15) is 4.79 Å². The zero-order valence-corrected chi connectivity index (χ0v) is 19.7. The van der Waals surface area contributed by atoms with E-state index in [1.165, 1.54) is 5.56 Å².